The highest BCUT2D eigenvalue weighted by Crippen LogP contribution is 2.23. The Morgan fingerprint density at radius 2 is 1.71 bits per heavy atom. The predicted molar refractivity (Wildman–Crippen MR) is 114 cm³/mol. The van der Waals surface area contributed by atoms with Gasteiger partial charge in [-0.05, 0) is 30.5 Å². The second-order valence-electron chi connectivity index (χ2n) is 8.21. The summed E-state index contributed by atoms with van der Waals surface area (Å²) in [6.07, 6.45) is 1.33. The van der Waals surface area contributed by atoms with Crippen LogP contribution >= 0.6 is 0 Å². The van der Waals surface area contributed by atoms with Crippen LogP contribution in [0.3, 0.4) is 0 Å². The lowest BCUT2D eigenvalue weighted by Gasteiger charge is -2.23. The Morgan fingerprint density at radius 3 is 2.39 bits per heavy atom. The molecule has 172 valence electrons. The Hall–Kier alpha value is -2.36. The first kappa shape index (κ1) is 23.3. The molecule has 1 saturated carbocycles. The molecule has 0 radical (unpaired) electrons. The van der Waals surface area contributed by atoms with Crippen LogP contribution in [0.1, 0.15) is 44.1 Å². The van der Waals surface area contributed by atoms with E-state index >= 15 is 0 Å². The van der Waals surface area contributed by atoms with E-state index in [0.717, 1.165) is 37.0 Å². The van der Waals surface area contributed by atoms with Crippen molar-refractivity contribution >= 4 is 11.9 Å². The molecular formula is C22H33N3O6. The molecule has 5 N–H and O–H groups in total. The van der Waals surface area contributed by atoms with Crippen molar-refractivity contribution in [3.63, 3.8) is 0 Å². The highest BCUT2D eigenvalue weighted by molar-refractivity contribution is 5.76. The number of carbonyl (C=O) groups is 2. The van der Waals surface area contributed by atoms with E-state index in [1.54, 1.807) is 7.11 Å². The highest BCUT2D eigenvalue weighted by atomic mass is 16.5. The van der Waals surface area contributed by atoms with Gasteiger partial charge in [0.25, 0.3) is 0 Å². The molecule has 0 unspecified atom stereocenters. The second-order valence-corrected chi connectivity index (χ2v) is 8.21. The predicted octanol–water partition coefficient (Wildman–Crippen LogP) is 0.823. The average Bonchev–Trinajstić information content (AvgIpc) is 3.05. The number of ether oxygens (including phenoxy) is 2. The van der Waals surface area contributed by atoms with Gasteiger partial charge in [0.05, 0.1) is 19.6 Å². The van der Waals surface area contributed by atoms with E-state index < -0.39 is 24.4 Å². The number of aliphatic hydroxyl groups excluding tert-OH is 2. The smallest absolute Gasteiger partial charge is 0.315 e. The summed E-state index contributed by atoms with van der Waals surface area (Å²) < 4.78 is 10.8. The summed E-state index contributed by atoms with van der Waals surface area (Å²) >= 11 is 0. The molecule has 9 heteroatoms. The maximum absolute atomic E-state index is 12.3. The maximum Gasteiger partial charge on any atom is 0.315 e. The van der Waals surface area contributed by atoms with Gasteiger partial charge in [-0.2, -0.15) is 0 Å². The molecule has 1 aromatic rings. The Balaban J connectivity index is 1.39. The number of methoxy groups -OCH3 is 1. The Labute approximate surface area is 182 Å². The van der Waals surface area contributed by atoms with Crippen molar-refractivity contribution in [2.45, 2.75) is 75.5 Å². The molecule has 0 bridgehead atoms. The van der Waals surface area contributed by atoms with Crippen molar-refractivity contribution in [2.75, 3.05) is 13.7 Å². The fraction of sp³-hybridized carbons (Fsp3) is 0.636. The third kappa shape index (κ3) is 6.81. The normalized spacial score (nSPS) is 26.3. The van der Waals surface area contributed by atoms with Crippen molar-refractivity contribution in [1.82, 2.24) is 16.0 Å². The van der Waals surface area contributed by atoms with Gasteiger partial charge < -0.3 is 35.6 Å². The Kier molecular flexibility index (Phi) is 8.51. The lowest BCUT2D eigenvalue weighted by atomic mass is 9.96. The molecule has 1 aliphatic heterocycles. The second kappa shape index (κ2) is 11.3. The first-order valence-electron chi connectivity index (χ1n) is 10.9. The number of urea groups is 1. The van der Waals surface area contributed by atoms with E-state index in [1.165, 1.54) is 6.42 Å². The zero-order valence-electron chi connectivity index (χ0n) is 17.9. The van der Waals surface area contributed by atoms with Crippen LogP contribution in [0.25, 0.3) is 0 Å². The molecule has 1 aromatic carbocycles. The van der Waals surface area contributed by atoms with Crippen LogP contribution < -0.4 is 20.7 Å². The van der Waals surface area contributed by atoms with Gasteiger partial charge in [0.2, 0.25) is 5.91 Å². The summed E-state index contributed by atoms with van der Waals surface area (Å²) in [4.78, 5) is 24.3. The molecule has 4 atom stereocenters. The van der Waals surface area contributed by atoms with E-state index in [-0.39, 0.29) is 30.9 Å². The van der Waals surface area contributed by atoms with Crippen LogP contribution in [-0.2, 0) is 16.1 Å². The summed E-state index contributed by atoms with van der Waals surface area (Å²) in [5.41, 5.74) is 0.910. The van der Waals surface area contributed by atoms with E-state index in [9.17, 15) is 19.8 Å². The minimum Gasteiger partial charge on any atom is -0.497 e. The molecule has 2 aliphatic rings. The molecule has 31 heavy (non-hydrogen) atoms. The fourth-order valence-corrected chi connectivity index (χ4v) is 4.04. The van der Waals surface area contributed by atoms with Crippen molar-refractivity contribution < 1.29 is 29.3 Å². The van der Waals surface area contributed by atoms with E-state index in [1.807, 2.05) is 24.3 Å². The van der Waals surface area contributed by atoms with Crippen LogP contribution in [0.4, 0.5) is 4.79 Å². The number of nitrogens with one attached hydrogen (secondary N) is 3. The SMILES string of the molecule is COc1ccc(CNC(=O)C[C@H]2O[C@H](CNC(=O)NC3CCCCC3)[C@@H](O)[C@H]2O)cc1. The summed E-state index contributed by atoms with van der Waals surface area (Å²) in [6.45, 7) is 0.390. The van der Waals surface area contributed by atoms with Gasteiger partial charge >= 0.3 is 6.03 Å². The van der Waals surface area contributed by atoms with Crippen LogP contribution in [-0.4, -0.2) is 66.3 Å². The Morgan fingerprint density at radius 1 is 1.03 bits per heavy atom. The van der Waals surface area contributed by atoms with Crippen molar-refractivity contribution in [3.8, 4) is 5.75 Å². The standard InChI is InChI=1S/C22H33N3O6/c1-30-16-9-7-14(8-10-16)12-23-19(26)11-17-20(27)21(28)18(31-17)13-24-22(29)25-15-5-3-2-4-6-15/h7-10,15,17-18,20-21,27-28H,2-6,11-13H2,1H3,(H,23,26)(H2,24,25,29)/t17-,18-,20+,21-/m1/s1. The van der Waals surface area contributed by atoms with Crippen LogP contribution in [0.15, 0.2) is 24.3 Å². The van der Waals surface area contributed by atoms with Gasteiger partial charge in [0, 0.05) is 19.1 Å². The quantitative estimate of drug-likeness (QED) is 0.411. The molecular weight excluding hydrogens is 402 g/mol. The molecule has 9 nitrogen and oxygen atoms in total. The minimum absolute atomic E-state index is 0.0563. The zero-order valence-corrected chi connectivity index (χ0v) is 17.9. The molecule has 3 rings (SSSR count). The van der Waals surface area contributed by atoms with Gasteiger partial charge in [0.15, 0.2) is 0 Å². The molecule has 0 spiro atoms. The highest BCUT2D eigenvalue weighted by Gasteiger charge is 2.43. The van der Waals surface area contributed by atoms with Crippen molar-refractivity contribution in [3.05, 3.63) is 29.8 Å². The number of amides is 3. The summed E-state index contributed by atoms with van der Waals surface area (Å²) in [6, 6.07) is 7.19. The van der Waals surface area contributed by atoms with E-state index in [4.69, 9.17) is 9.47 Å². The van der Waals surface area contributed by atoms with E-state index in [0.29, 0.717) is 6.54 Å². The number of hydrogen-bond acceptors (Lipinski definition) is 6. The van der Waals surface area contributed by atoms with E-state index in [2.05, 4.69) is 16.0 Å². The number of rotatable bonds is 8. The third-order valence-electron chi connectivity index (χ3n) is 5.90. The first-order chi connectivity index (χ1) is 15.0. The zero-order chi connectivity index (χ0) is 22.2. The molecule has 1 saturated heterocycles. The fourth-order valence-electron chi connectivity index (χ4n) is 4.04. The van der Waals surface area contributed by atoms with Crippen molar-refractivity contribution in [1.29, 1.82) is 0 Å². The number of carbonyl (C=O) groups excluding carboxylic acids is 2. The largest absolute Gasteiger partial charge is 0.497 e. The maximum atomic E-state index is 12.3. The minimum atomic E-state index is -1.19. The topological polar surface area (TPSA) is 129 Å². The molecule has 0 aromatic heterocycles. The summed E-state index contributed by atoms with van der Waals surface area (Å²) in [5, 5.41) is 28.9. The van der Waals surface area contributed by atoms with Crippen molar-refractivity contribution in [2.24, 2.45) is 0 Å². The molecule has 1 heterocycles. The van der Waals surface area contributed by atoms with Gasteiger partial charge in [-0.1, -0.05) is 31.4 Å². The summed E-state index contributed by atoms with van der Waals surface area (Å²) in [5.74, 6) is 0.439. The number of hydrogen-bond donors (Lipinski definition) is 5. The number of aliphatic hydroxyl groups is 2. The van der Waals surface area contributed by atoms with Gasteiger partial charge in [-0.3, -0.25) is 4.79 Å². The first-order valence-corrected chi connectivity index (χ1v) is 10.9. The lowest BCUT2D eigenvalue weighted by molar-refractivity contribution is -0.125. The molecule has 1 aliphatic carbocycles. The molecule has 2 fully saturated rings. The van der Waals surface area contributed by atoms with Gasteiger partial charge in [-0.25, -0.2) is 4.79 Å². The summed E-state index contributed by atoms with van der Waals surface area (Å²) in [7, 11) is 1.59. The van der Waals surface area contributed by atoms with Crippen LogP contribution in [0.5, 0.6) is 5.75 Å². The number of benzene rings is 1. The lowest BCUT2D eigenvalue weighted by Crippen LogP contribution is -2.47. The average molecular weight is 436 g/mol. The van der Waals surface area contributed by atoms with Gasteiger partial charge in [0.1, 0.15) is 24.1 Å². The van der Waals surface area contributed by atoms with Gasteiger partial charge in [-0.15, -0.1) is 0 Å². The van der Waals surface area contributed by atoms with Crippen LogP contribution in [0.2, 0.25) is 0 Å². The third-order valence-corrected chi connectivity index (χ3v) is 5.90. The Bertz CT molecular complexity index is 722. The van der Waals surface area contributed by atoms with Crippen LogP contribution in [0, 0.1) is 0 Å². The monoisotopic (exact) mass is 435 g/mol. The molecule has 3 amide bonds.